The second-order valence-corrected chi connectivity index (χ2v) is 4.42. The van der Waals surface area contributed by atoms with E-state index in [1.165, 1.54) is 13.0 Å². The lowest BCUT2D eigenvalue weighted by molar-refractivity contribution is -0.386. The molecule has 0 saturated carbocycles. The number of benzene rings is 1. The Kier molecular flexibility index (Phi) is 4.30. The second-order valence-electron chi connectivity index (χ2n) is 4.42. The first-order valence-electron chi connectivity index (χ1n) is 5.48. The van der Waals surface area contributed by atoms with Crippen molar-refractivity contribution >= 4 is 5.78 Å². The van der Waals surface area contributed by atoms with Crippen LogP contribution in [-0.4, -0.2) is 29.7 Å². The summed E-state index contributed by atoms with van der Waals surface area (Å²) in [7, 11) is 0. The largest absolute Gasteiger partial charge is 0.460 e. The first-order valence-corrected chi connectivity index (χ1v) is 5.48. The van der Waals surface area contributed by atoms with E-state index in [4.69, 9.17) is 0 Å². The van der Waals surface area contributed by atoms with Crippen LogP contribution in [-0.2, 0) is 0 Å². The number of carbonyl (C=O) groups excluding carboxylic acids is 1. The summed E-state index contributed by atoms with van der Waals surface area (Å²) >= 11 is 0. The number of carbonyl (C=O) groups is 1. The van der Waals surface area contributed by atoms with E-state index in [0.29, 0.717) is 12.1 Å². The van der Waals surface area contributed by atoms with E-state index >= 15 is 0 Å². The van der Waals surface area contributed by atoms with Gasteiger partial charge in [-0.1, -0.05) is 23.8 Å². The van der Waals surface area contributed by atoms with Crippen LogP contribution in [0.4, 0.5) is 39.5 Å². The number of hydrogen-bond donors (Lipinski definition) is 0. The Balaban J connectivity index is 3.36. The highest BCUT2D eigenvalue weighted by atomic mass is 19.4. The fraction of sp³-hybridized carbons (Fsp3) is 0.417. The van der Waals surface area contributed by atoms with Gasteiger partial charge in [-0.2, -0.15) is 39.5 Å². The molecule has 0 spiro atoms. The van der Waals surface area contributed by atoms with Gasteiger partial charge in [-0.25, -0.2) is 0 Å². The van der Waals surface area contributed by atoms with E-state index in [1.54, 1.807) is 0 Å². The highest BCUT2D eigenvalue weighted by molar-refractivity contribution is 6.02. The standard InChI is InChI=1S/C12H7F9O/c1-6-3-2-4-7(5-6)8(22)9(13,14)10(15,16)11(17,18)12(19,20)21/h2-5H,1H3. The van der Waals surface area contributed by atoms with Crippen molar-refractivity contribution in [2.24, 2.45) is 0 Å². The zero-order valence-corrected chi connectivity index (χ0v) is 10.6. The molecule has 0 bridgehead atoms. The molecule has 0 N–H and O–H groups in total. The minimum absolute atomic E-state index is 0.146. The van der Waals surface area contributed by atoms with Crippen molar-refractivity contribution in [2.45, 2.75) is 30.9 Å². The normalized spacial score (nSPS) is 14.1. The number of aryl methyl sites for hydroxylation is 1. The molecule has 1 rings (SSSR count). The van der Waals surface area contributed by atoms with E-state index in [9.17, 15) is 44.3 Å². The highest BCUT2D eigenvalue weighted by Crippen LogP contribution is 2.53. The van der Waals surface area contributed by atoms with Crippen molar-refractivity contribution in [3.63, 3.8) is 0 Å². The molecule has 0 aliphatic heterocycles. The third-order valence-corrected chi connectivity index (χ3v) is 2.71. The summed E-state index contributed by atoms with van der Waals surface area (Å²) in [4.78, 5) is 11.3. The molecule has 1 aromatic carbocycles. The molecule has 0 atom stereocenters. The summed E-state index contributed by atoms with van der Waals surface area (Å²) < 4.78 is 114. The van der Waals surface area contributed by atoms with Gasteiger partial charge < -0.3 is 0 Å². The maximum Gasteiger partial charge on any atom is 0.460 e. The summed E-state index contributed by atoms with van der Waals surface area (Å²) in [6.45, 7) is 1.28. The Morgan fingerprint density at radius 1 is 0.864 bits per heavy atom. The van der Waals surface area contributed by atoms with Gasteiger partial charge in [0.1, 0.15) is 0 Å². The van der Waals surface area contributed by atoms with Gasteiger partial charge in [-0.05, 0) is 13.0 Å². The van der Waals surface area contributed by atoms with Gasteiger partial charge in [-0.15, -0.1) is 0 Å². The lowest BCUT2D eigenvalue weighted by atomic mass is 9.95. The van der Waals surface area contributed by atoms with E-state index < -0.39 is 35.3 Å². The molecule has 0 amide bonds. The smallest absolute Gasteiger partial charge is 0.287 e. The molecular weight excluding hydrogens is 331 g/mol. The molecule has 0 fully saturated rings. The van der Waals surface area contributed by atoms with Crippen LogP contribution in [0, 0.1) is 6.92 Å². The van der Waals surface area contributed by atoms with Crippen LogP contribution in [0.1, 0.15) is 15.9 Å². The van der Waals surface area contributed by atoms with Crippen LogP contribution in [0.25, 0.3) is 0 Å². The van der Waals surface area contributed by atoms with Crippen LogP contribution in [0.5, 0.6) is 0 Å². The molecule has 0 aliphatic carbocycles. The highest BCUT2D eigenvalue weighted by Gasteiger charge is 2.83. The Morgan fingerprint density at radius 2 is 1.36 bits per heavy atom. The molecule has 1 nitrogen and oxygen atoms in total. The number of hydrogen-bond acceptors (Lipinski definition) is 1. The molecule has 0 aliphatic rings. The van der Waals surface area contributed by atoms with E-state index in [1.807, 2.05) is 0 Å². The van der Waals surface area contributed by atoms with Crippen LogP contribution in [0.15, 0.2) is 24.3 Å². The number of alkyl halides is 9. The quantitative estimate of drug-likeness (QED) is 0.577. The SMILES string of the molecule is Cc1cccc(C(=O)C(F)(F)C(F)(F)C(F)(F)C(F)(F)F)c1. The first kappa shape index (κ1) is 18.3. The fourth-order valence-electron chi connectivity index (χ4n) is 1.49. The molecule has 0 heterocycles. The summed E-state index contributed by atoms with van der Waals surface area (Å²) in [5.41, 5.74) is -0.963. The van der Waals surface area contributed by atoms with Crippen LogP contribution in [0.2, 0.25) is 0 Å². The first-order chi connectivity index (χ1) is 9.66. The van der Waals surface area contributed by atoms with E-state index in [2.05, 4.69) is 0 Å². The molecule has 0 aromatic heterocycles. The Labute approximate surface area is 117 Å². The number of ketones is 1. The lowest BCUT2D eigenvalue weighted by Crippen LogP contribution is -2.63. The van der Waals surface area contributed by atoms with Gasteiger partial charge in [0, 0.05) is 5.56 Å². The van der Waals surface area contributed by atoms with Crippen LogP contribution in [0.3, 0.4) is 0 Å². The number of halogens is 9. The van der Waals surface area contributed by atoms with Gasteiger partial charge >= 0.3 is 23.9 Å². The molecule has 0 radical (unpaired) electrons. The molecular formula is C12H7F9O. The molecule has 22 heavy (non-hydrogen) atoms. The summed E-state index contributed by atoms with van der Waals surface area (Å²) in [5, 5.41) is 0. The zero-order chi connectivity index (χ0) is 17.6. The predicted molar refractivity (Wildman–Crippen MR) is 56.4 cm³/mol. The topological polar surface area (TPSA) is 17.1 Å². The average Bonchev–Trinajstić information content (AvgIpc) is 2.35. The second kappa shape index (κ2) is 5.17. The van der Waals surface area contributed by atoms with Crippen molar-refractivity contribution < 1.29 is 44.3 Å². The van der Waals surface area contributed by atoms with E-state index in [0.717, 1.165) is 6.07 Å². The predicted octanol–water partition coefficient (Wildman–Crippen LogP) is 4.65. The van der Waals surface area contributed by atoms with Crippen LogP contribution >= 0.6 is 0 Å². The van der Waals surface area contributed by atoms with Crippen molar-refractivity contribution in [3.8, 4) is 0 Å². The average molecular weight is 338 g/mol. The minimum atomic E-state index is -7.08. The molecule has 0 saturated heterocycles. The summed E-state index contributed by atoms with van der Waals surface area (Å²) in [6.07, 6.45) is -6.95. The molecule has 10 heteroatoms. The number of rotatable bonds is 4. The van der Waals surface area contributed by atoms with Gasteiger partial charge in [0.15, 0.2) is 0 Å². The van der Waals surface area contributed by atoms with Gasteiger partial charge in [-0.3, -0.25) is 4.79 Å². The van der Waals surface area contributed by atoms with Crippen molar-refractivity contribution in [3.05, 3.63) is 35.4 Å². The summed E-state index contributed by atoms with van der Waals surface area (Å²) in [5.74, 6) is -23.1. The third-order valence-electron chi connectivity index (χ3n) is 2.71. The van der Waals surface area contributed by atoms with Crippen LogP contribution < -0.4 is 0 Å². The Morgan fingerprint density at radius 3 is 1.77 bits per heavy atom. The van der Waals surface area contributed by atoms with Crippen molar-refractivity contribution in [2.75, 3.05) is 0 Å². The van der Waals surface area contributed by atoms with Crippen molar-refractivity contribution in [1.29, 1.82) is 0 Å². The molecule has 0 unspecified atom stereocenters. The van der Waals surface area contributed by atoms with Gasteiger partial charge in [0.05, 0.1) is 0 Å². The maximum atomic E-state index is 13.4. The molecule has 1 aromatic rings. The van der Waals surface area contributed by atoms with Gasteiger partial charge in [0.25, 0.3) is 0 Å². The lowest BCUT2D eigenvalue weighted by Gasteiger charge is -2.32. The third kappa shape index (κ3) is 2.66. The Bertz CT molecular complexity index is 574. The van der Waals surface area contributed by atoms with Gasteiger partial charge in [0.2, 0.25) is 5.78 Å². The molecule has 124 valence electrons. The number of Topliss-reactive ketones (excluding diaryl/α,β-unsaturated/α-hetero) is 1. The Hall–Kier alpha value is -1.74. The zero-order valence-electron chi connectivity index (χ0n) is 10.6. The van der Waals surface area contributed by atoms with Crippen molar-refractivity contribution in [1.82, 2.24) is 0 Å². The minimum Gasteiger partial charge on any atom is -0.287 e. The summed E-state index contributed by atoms with van der Waals surface area (Å²) in [6, 6.07) is 3.53. The fourth-order valence-corrected chi connectivity index (χ4v) is 1.49. The maximum absolute atomic E-state index is 13.4. The van der Waals surface area contributed by atoms with E-state index in [-0.39, 0.29) is 5.56 Å². The monoisotopic (exact) mass is 338 g/mol.